The number of methoxy groups -OCH3 is 3. The van der Waals surface area contributed by atoms with Gasteiger partial charge in [-0.3, -0.25) is 38.4 Å². The summed E-state index contributed by atoms with van der Waals surface area (Å²) in [7, 11) is 4.32. The molecular formula is C59H87NO19. The minimum atomic E-state index is -2.51. The number of carbonyl (C=O) groups is 9. The van der Waals surface area contributed by atoms with Crippen molar-refractivity contribution in [3.05, 3.63) is 47.6 Å². The van der Waals surface area contributed by atoms with Crippen molar-refractivity contribution in [3.8, 4) is 0 Å². The highest BCUT2D eigenvalue weighted by Crippen LogP contribution is 2.38. The molecule has 442 valence electrons. The number of aliphatic hydroxyl groups is 1. The molecular weight excluding hydrogens is 1030 g/mol. The van der Waals surface area contributed by atoms with Crippen molar-refractivity contribution >= 4 is 53.1 Å². The number of carbonyl (C=O) groups excluding carboxylic acids is 7. The molecule has 1 amide bonds. The van der Waals surface area contributed by atoms with Crippen molar-refractivity contribution in [2.24, 2.45) is 35.5 Å². The summed E-state index contributed by atoms with van der Waals surface area (Å²) in [5.41, 5.74) is 1.10. The monoisotopic (exact) mass is 1110 g/mol. The van der Waals surface area contributed by atoms with E-state index in [9.17, 15) is 53.4 Å². The lowest BCUT2D eigenvalue weighted by molar-refractivity contribution is -0.265. The average Bonchev–Trinajstić information content (AvgIpc) is 3.42. The number of allylic oxidation sites excluding steroid dienone is 6. The molecule has 0 aromatic carbocycles. The third-order valence-corrected chi connectivity index (χ3v) is 16.1. The molecule has 1 saturated carbocycles. The van der Waals surface area contributed by atoms with Crippen LogP contribution in [0.25, 0.3) is 0 Å². The first kappa shape index (κ1) is 66.1. The molecule has 20 nitrogen and oxygen atoms in total. The summed E-state index contributed by atoms with van der Waals surface area (Å²) in [5.74, 6) is -13.4. The van der Waals surface area contributed by atoms with Crippen LogP contribution in [0.4, 0.5) is 0 Å². The van der Waals surface area contributed by atoms with Crippen molar-refractivity contribution in [1.82, 2.24) is 4.90 Å². The third-order valence-electron chi connectivity index (χ3n) is 16.1. The second kappa shape index (κ2) is 31.6. The summed E-state index contributed by atoms with van der Waals surface area (Å²) in [6.45, 7) is 12.2. The quantitative estimate of drug-likeness (QED) is 0.0682. The number of aliphatic carboxylic acids is 2. The van der Waals surface area contributed by atoms with Gasteiger partial charge in [0, 0.05) is 58.5 Å². The lowest BCUT2D eigenvalue weighted by Gasteiger charge is -2.42. The number of esters is 3. The van der Waals surface area contributed by atoms with E-state index < -0.39 is 138 Å². The Morgan fingerprint density at radius 3 is 2.05 bits per heavy atom. The summed E-state index contributed by atoms with van der Waals surface area (Å²) < 4.78 is 41.3. The number of fused-ring (bicyclic) bond motifs is 3. The standard InChI is InChI=1S/C59H87NO19/c1-34-16-12-11-13-17-35(2)46(73-8)32-42-21-19-40(7)59(72,79-42)56(69)57(70)60-27-15-14-18-43(60)58(71)77-47(37(4)30-41-20-22-45(48(31-41)74-9)76-51(66)25-23-49(62)63)33-44(61)36(3)29-39(6)54(78-52(67)26-24-50(64)65)55(75-10)53(68)38(5)28-34/h11-13,16-17,29,34,36-38,40-43,45-48,54-55,72H,14-15,18-28,30-33H2,1-10H3,(H,62,63)(H,64,65)/b13-11+,16-12+,35-17+,39-29+/t34-,36-,37-,38-,40-,41+,42+,43+,45-,46+,47+,48-,54-,55+,59-/m1/s1. The fourth-order valence-electron chi connectivity index (χ4n) is 11.2. The fraction of sp³-hybridized carbons (Fsp3) is 0.712. The van der Waals surface area contributed by atoms with E-state index in [4.69, 9.17) is 38.3 Å². The van der Waals surface area contributed by atoms with Crippen LogP contribution in [-0.2, 0) is 76.3 Å². The highest BCUT2D eigenvalue weighted by molar-refractivity contribution is 6.39. The smallest absolute Gasteiger partial charge is 0.329 e. The Labute approximate surface area is 465 Å². The van der Waals surface area contributed by atoms with Gasteiger partial charge in [-0.1, -0.05) is 71.1 Å². The molecule has 1 aliphatic carbocycles. The lowest BCUT2D eigenvalue weighted by atomic mass is 9.78. The first-order valence-electron chi connectivity index (χ1n) is 28.0. The number of hydrogen-bond donors (Lipinski definition) is 3. The van der Waals surface area contributed by atoms with Crippen LogP contribution in [0.3, 0.4) is 0 Å². The van der Waals surface area contributed by atoms with E-state index in [1.165, 1.54) is 20.3 Å². The van der Waals surface area contributed by atoms with Crippen molar-refractivity contribution in [1.29, 1.82) is 0 Å². The van der Waals surface area contributed by atoms with Gasteiger partial charge < -0.3 is 53.4 Å². The fourth-order valence-corrected chi connectivity index (χ4v) is 11.2. The van der Waals surface area contributed by atoms with Gasteiger partial charge in [0.1, 0.15) is 24.0 Å². The minimum Gasteiger partial charge on any atom is -0.481 e. The molecule has 0 aromatic rings. The number of nitrogens with zero attached hydrogens (tertiary/aromatic N) is 1. The van der Waals surface area contributed by atoms with Crippen LogP contribution in [0.5, 0.6) is 0 Å². The Morgan fingerprint density at radius 1 is 0.747 bits per heavy atom. The Kier molecular flexibility index (Phi) is 26.4. The maximum atomic E-state index is 14.7. The first-order chi connectivity index (χ1) is 37.3. The Morgan fingerprint density at radius 2 is 1.42 bits per heavy atom. The predicted octanol–water partition coefficient (Wildman–Crippen LogP) is 7.01. The van der Waals surface area contributed by atoms with Gasteiger partial charge in [0.2, 0.25) is 5.79 Å². The zero-order valence-corrected chi connectivity index (χ0v) is 47.9. The van der Waals surface area contributed by atoms with Crippen LogP contribution < -0.4 is 0 Å². The van der Waals surface area contributed by atoms with Crippen LogP contribution in [0.1, 0.15) is 151 Å². The van der Waals surface area contributed by atoms with Gasteiger partial charge >= 0.3 is 29.8 Å². The van der Waals surface area contributed by atoms with Gasteiger partial charge in [0.15, 0.2) is 18.0 Å². The number of amides is 1. The first-order valence-corrected chi connectivity index (χ1v) is 28.0. The number of piperidine rings is 1. The van der Waals surface area contributed by atoms with E-state index in [1.54, 1.807) is 34.8 Å². The second-order valence-corrected chi connectivity index (χ2v) is 22.3. The van der Waals surface area contributed by atoms with Crippen LogP contribution >= 0.6 is 0 Å². The van der Waals surface area contributed by atoms with Crippen LogP contribution in [0.2, 0.25) is 0 Å². The Hall–Kier alpha value is -5.41. The van der Waals surface area contributed by atoms with E-state index in [1.807, 2.05) is 51.2 Å². The van der Waals surface area contributed by atoms with Gasteiger partial charge in [0.05, 0.1) is 44.0 Å². The number of ether oxygens (including phenoxy) is 7. The van der Waals surface area contributed by atoms with E-state index >= 15 is 0 Å². The largest absolute Gasteiger partial charge is 0.481 e. The van der Waals surface area contributed by atoms with Crippen molar-refractivity contribution in [2.75, 3.05) is 27.9 Å². The topological polar surface area (TPSA) is 282 Å². The summed E-state index contributed by atoms with van der Waals surface area (Å²) >= 11 is 0. The lowest BCUT2D eigenvalue weighted by Crippen LogP contribution is -2.61. The highest BCUT2D eigenvalue weighted by atomic mass is 16.6. The number of Topliss-reactive ketones (excluding diaryl/α,β-unsaturated/α-hetero) is 3. The molecule has 0 aromatic heterocycles. The van der Waals surface area contributed by atoms with Gasteiger partial charge in [-0.2, -0.15) is 0 Å². The minimum absolute atomic E-state index is 0.00414. The van der Waals surface area contributed by atoms with Crippen molar-refractivity contribution < 1.29 is 91.6 Å². The highest BCUT2D eigenvalue weighted by Gasteiger charge is 2.53. The van der Waals surface area contributed by atoms with Gasteiger partial charge in [-0.25, -0.2) is 4.79 Å². The molecule has 15 atom stereocenters. The SMILES string of the molecule is CO[C@H]1C[C@@H]2CC[C@@H](C)[C@@](O)(O2)C(=O)C(=O)N2CCCC[C@H]2C(=O)O[C@H]([C@H](C)C[C@@H]2CC[C@@H](OC(=O)CCC(=O)O)[C@H](OC)C2)CC(=O)[C@H](C)/C=C(\C)[C@@H](OC(=O)CCC(=O)O)[C@@H](OC)C(=O)[C@H](C)C[C@H](C)/C=C/C=C/C=C/1C. The molecule has 2 saturated heterocycles. The normalized spacial score (nSPS) is 35.1. The third kappa shape index (κ3) is 19.4. The molecule has 3 fully saturated rings. The number of cyclic esters (lactones) is 1. The molecule has 0 spiro atoms. The number of hydrogen-bond acceptors (Lipinski definition) is 17. The summed E-state index contributed by atoms with van der Waals surface area (Å²) in [5, 5.41) is 30.4. The van der Waals surface area contributed by atoms with E-state index in [-0.39, 0.29) is 61.8 Å². The molecule has 4 aliphatic rings. The van der Waals surface area contributed by atoms with Crippen molar-refractivity contribution in [3.63, 3.8) is 0 Å². The molecule has 79 heavy (non-hydrogen) atoms. The maximum Gasteiger partial charge on any atom is 0.329 e. The van der Waals surface area contributed by atoms with Crippen LogP contribution in [0.15, 0.2) is 47.6 Å². The van der Waals surface area contributed by atoms with Gasteiger partial charge in [-0.05, 0) is 107 Å². The maximum absolute atomic E-state index is 14.7. The van der Waals surface area contributed by atoms with E-state index in [0.29, 0.717) is 57.8 Å². The Balaban J connectivity index is 1.76. The average molecular weight is 1110 g/mol. The molecule has 2 bridgehead atoms. The molecule has 0 unspecified atom stereocenters. The summed E-state index contributed by atoms with van der Waals surface area (Å²) in [6.07, 6.45) is 6.97. The molecule has 20 heteroatoms. The van der Waals surface area contributed by atoms with Crippen LogP contribution in [0, 0.1) is 35.5 Å². The molecule has 0 radical (unpaired) electrons. The summed E-state index contributed by atoms with van der Waals surface area (Å²) in [6, 6.07) is -1.26. The van der Waals surface area contributed by atoms with Gasteiger partial charge in [0.25, 0.3) is 11.7 Å². The molecule has 4 rings (SSSR count). The van der Waals surface area contributed by atoms with E-state index in [2.05, 4.69) is 0 Å². The van der Waals surface area contributed by atoms with E-state index in [0.717, 1.165) is 10.5 Å². The second-order valence-electron chi connectivity index (χ2n) is 22.3. The zero-order chi connectivity index (χ0) is 58.7. The Bertz CT molecular complexity index is 2270. The zero-order valence-electron chi connectivity index (χ0n) is 47.9. The number of rotatable bonds is 14. The number of ketones is 3. The summed E-state index contributed by atoms with van der Waals surface area (Å²) in [4.78, 5) is 122. The van der Waals surface area contributed by atoms with Crippen LogP contribution in [-0.4, -0.2) is 156 Å². The molecule has 3 aliphatic heterocycles. The van der Waals surface area contributed by atoms with Gasteiger partial charge in [-0.15, -0.1) is 0 Å². The predicted molar refractivity (Wildman–Crippen MR) is 287 cm³/mol. The number of carboxylic acid groups (broad SMARTS) is 2. The molecule has 3 N–H and O–H groups in total. The molecule has 3 heterocycles. The van der Waals surface area contributed by atoms with Crippen molar-refractivity contribution in [2.45, 2.75) is 206 Å². The number of carboxylic acids is 2.